The van der Waals surface area contributed by atoms with Crippen molar-refractivity contribution in [2.24, 2.45) is 0 Å². The molecule has 1 unspecified atom stereocenters. The summed E-state index contributed by atoms with van der Waals surface area (Å²) < 4.78 is 5.27. The van der Waals surface area contributed by atoms with Crippen LogP contribution in [0.15, 0.2) is 65.5 Å². The molecule has 3 aromatic rings. The third-order valence-electron chi connectivity index (χ3n) is 5.05. The Hall–Kier alpha value is -3.61. The third kappa shape index (κ3) is 4.13. The predicted octanol–water partition coefficient (Wildman–Crippen LogP) is 2.97. The second-order valence-corrected chi connectivity index (χ2v) is 6.99. The molecule has 1 aliphatic rings. The van der Waals surface area contributed by atoms with E-state index in [1.54, 1.807) is 23.2 Å². The summed E-state index contributed by atoms with van der Waals surface area (Å²) >= 11 is 0. The molecule has 148 valence electrons. The van der Waals surface area contributed by atoms with Crippen LogP contribution in [0.4, 0.5) is 0 Å². The van der Waals surface area contributed by atoms with Gasteiger partial charge in [-0.25, -0.2) is 4.98 Å². The highest BCUT2D eigenvalue weighted by molar-refractivity contribution is 5.98. The predicted molar refractivity (Wildman–Crippen MR) is 106 cm³/mol. The first-order chi connectivity index (χ1) is 14.1. The first-order valence-corrected chi connectivity index (χ1v) is 9.47. The van der Waals surface area contributed by atoms with Gasteiger partial charge in [-0.15, -0.1) is 0 Å². The van der Waals surface area contributed by atoms with Crippen LogP contribution in [0.3, 0.4) is 0 Å². The van der Waals surface area contributed by atoms with Crippen LogP contribution in [0.1, 0.15) is 28.8 Å². The second kappa shape index (κ2) is 8.18. The summed E-state index contributed by atoms with van der Waals surface area (Å²) in [5.41, 5.74) is 2.24. The van der Waals surface area contributed by atoms with Crippen LogP contribution >= 0.6 is 0 Å². The summed E-state index contributed by atoms with van der Waals surface area (Å²) in [5.74, 6) is 0.308. The molecule has 4 rings (SSSR count). The van der Waals surface area contributed by atoms with Gasteiger partial charge < -0.3 is 19.7 Å². The van der Waals surface area contributed by atoms with Crippen LogP contribution in [0, 0.1) is 0 Å². The fourth-order valence-corrected chi connectivity index (χ4v) is 3.54. The van der Waals surface area contributed by atoms with E-state index in [0.29, 0.717) is 30.8 Å². The van der Waals surface area contributed by atoms with E-state index < -0.39 is 6.04 Å². The first kappa shape index (κ1) is 18.7. The highest BCUT2D eigenvalue weighted by Crippen LogP contribution is 2.22. The summed E-state index contributed by atoms with van der Waals surface area (Å²) in [7, 11) is 0. The van der Waals surface area contributed by atoms with Gasteiger partial charge in [0, 0.05) is 24.2 Å². The van der Waals surface area contributed by atoms with Crippen molar-refractivity contribution in [1.82, 2.24) is 15.2 Å². The minimum atomic E-state index is -0.502. The molecule has 0 radical (unpaired) electrons. The number of aromatic nitrogens is 1. The molecule has 0 bridgehead atoms. The Morgan fingerprint density at radius 1 is 1.21 bits per heavy atom. The van der Waals surface area contributed by atoms with Crippen molar-refractivity contribution in [3.63, 3.8) is 0 Å². The summed E-state index contributed by atoms with van der Waals surface area (Å²) in [4.78, 5) is 31.0. The van der Waals surface area contributed by atoms with Gasteiger partial charge in [0.2, 0.25) is 5.91 Å². The fraction of sp³-hybridized carbons (Fsp3) is 0.227. The van der Waals surface area contributed by atoms with Crippen LogP contribution in [0.5, 0.6) is 5.75 Å². The molecule has 7 heteroatoms. The quantitative estimate of drug-likeness (QED) is 0.697. The van der Waals surface area contributed by atoms with Crippen molar-refractivity contribution in [1.29, 1.82) is 0 Å². The molecule has 2 aromatic carbocycles. The maximum Gasteiger partial charge on any atom is 0.254 e. The molecule has 1 atom stereocenters. The van der Waals surface area contributed by atoms with Crippen LogP contribution < -0.4 is 5.32 Å². The second-order valence-electron chi connectivity index (χ2n) is 6.99. The lowest BCUT2D eigenvalue weighted by Gasteiger charge is -2.24. The molecule has 2 heterocycles. The molecule has 7 nitrogen and oxygen atoms in total. The zero-order valence-corrected chi connectivity index (χ0v) is 15.7. The van der Waals surface area contributed by atoms with Gasteiger partial charge in [-0.1, -0.05) is 30.3 Å². The number of hydrogen-bond acceptors (Lipinski definition) is 5. The Bertz CT molecular complexity index is 999. The number of rotatable bonds is 5. The van der Waals surface area contributed by atoms with Gasteiger partial charge in [0.15, 0.2) is 12.2 Å². The van der Waals surface area contributed by atoms with Crippen molar-refractivity contribution in [3.05, 3.63) is 72.2 Å². The molecule has 0 saturated carbocycles. The number of amides is 2. The van der Waals surface area contributed by atoms with E-state index >= 15 is 0 Å². The van der Waals surface area contributed by atoms with Crippen molar-refractivity contribution < 1.29 is 19.1 Å². The highest BCUT2D eigenvalue weighted by atomic mass is 16.3. The maximum absolute atomic E-state index is 12.8. The normalized spacial score (nSPS) is 16.0. The van der Waals surface area contributed by atoms with Gasteiger partial charge in [-0.05, 0) is 36.6 Å². The lowest BCUT2D eigenvalue weighted by Crippen LogP contribution is -2.45. The smallest absolute Gasteiger partial charge is 0.254 e. The Kier molecular flexibility index (Phi) is 5.29. The minimum Gasteiger partial charge on any atom is -0.508 e. The Labute approximate surface area is 168 Å². The number of carbonyl (C=O) groups is 2. The number of hydrogen-bond donors (Lipinski definition) is 2. The van der Waals surface area contributed by atoms with E-state index in [1.165, 1.54) is 18.5 Å². The van der Waals surface area contributed by atoms with E-state index in [9.17, 15) is 14.7 Å². The zero-order chi connectivity index (χ0) is 20.2. The Morgan fingerprint density at radius 3 is 2.76 bits per heavy atom. The minimum absolute atomic E-state index is 0.0322. The molecule has 0 aliphatic carbocycles. The van der Waals surface area contributed by atoms with Gasteiger partial charge in [0.25, 0.3) is 5.91 Å². The van der Waals surface area contributed by atoms with Crippen LogP contribution in [-0.2, 0) is 11.3 Å². The lowest BCUT2D eigenvalue weighted by molar-refractivity contribution is -0.125. The molecule has 2 amide bonds. The van der Waals surface area contributed by atoms with E-state index in [1.807, 2.05) is 24.3 Å². The number of benzene rings is 2. The van der Waals surface area contributed by atoms with Crippen LogP contribution in [0.25, 0.3) is 11.3 Å². The van der Waals surface area contributed by atoms with Crippen molar-refractivity contribution in [2.45, 2.75) is 25.4 Å². The van der Waals surface area contributed by atoms with Crippen molar-refractivity contribution in [2.75, 3.05) is 6.54 Å². The number of nitrogens with one attached hydrogen (secondary N) is 1. The summed E-state index contributed by atoms with van der Waals surface area (Å²) in [6.07, 6.45) is 4.43. The molecule has 2 N–H and O–H groups in total. The number of carbonyl (C=O) groups excluding carboxylic acids is 2. The van der Waals surface area contributed by atoms with Gasteiger partial charge in [0.05, 0.1) is 6.20 Å². The zero-order valence-electron chi connectivity index (χ0n) is 15.7. The van der Waals surface area contributed by atoms with Crippen LogP contribution in [0.2, 0.25) is 0 Å². The number of aromatic hydroxyl groups is 1. The fourth-order valence-electron chi connectivity index (χ4n) is 3.54. The highest BCUT2D eigenvalue weighted by Gasteiger charge is 2.34. The summed E-state index contributed by atoms with van der Waals surface area (Å²) in [5, 5.41) is 12.5. The summed E-state index contributed by atoms with van der Waals surface area (Å²) in [6, 6.07) is 13.4. The summed E-state index contributed by atoms with van der Waals surface area (Å²) in [6.45, 7) is 0.901. The van der Waals surface area contributed by atoms with Gasteiger partial charge >= 0.3 is 0 Å². The van der Waals surface area contributed by atoms with E-state index in [0.717, 1.165) is 17.5 Å². The number of phenolic OH excluding ortho intramolecular Hbond substituents is 1. The molecule has 0 spiro atoms. The number of likely N-dealkylation sites (tertiary alicyclic amines) is 1. The van der Waals surface area contributed by atoms with E-state index in [4.69, 9.17) is 4.42 Å². The molecular weight excluding hydrogens is 370 g/mol. The van der Waals surface area contributed by atoms with Gasteiger partial charge in [0.1, 0.15) is 11.8 Å². The molecule has 1 fully saturated rings. The standard InChI is InChI=1S/C22H21N3O4/c26-18-4-1-3-17(11-18)22(28)25-10-2-5-19(25)21(27)24-12-15-6-8-16(9-7-15)20-13-23-14-29-20/h1,3-4,6-9,11,13-14,19,26H,2,5,10,12H2,(H,24,27). The number of phenols is 1. The van der Waals surface area contributed by atoms with E-state index in [-0.39, 0.29) is 17.6 Å². The largest absolute Gasteiger partial charge is 0.508 e. The Morgan fingerprint density at radius 2 is 2.03 bits per heavy atom. The Balaban J connectivity index is 1.38. The molecule has 1 saturated heterocycles. The molecular formula is C22H21N3O4. The number of oxazole rings is 1. The van der Waals surface area contributed by atoms with Crippen molar-refractivity contribution >= 4 is 11.8 Å². The number of nitrogens with zero attached hydrogens (tertiary/aromatic N) is 2. The topological polar surface area (TPSA) is 95.7 Å². The van der Waals surface area contributed by atoms with Crippen molar-refractivity contribution in [3.8, 4) is 17.1 Å². The lowest BCUT2D eigenvalue weighted by atomic mass is 10.1. The third-order valence-corrected chi connectivity index (χ3v) is 5.05. The van der Waals surface area contributed by atoms with E-state index in [2.05, 4.69) is 10.3 Å². The monoisotopic (exact) mass is 391 g/mol. The van der Waals surface area contributed by atoms with Gasteiger partial charge in [-0.3, -0.25) is 9.59 Å². The average molecular weight is 391 g/mol. The maximum atomic E-state index is 12.8. The molecule has 1 aromatic heterocycles. The molecule has 1 aliphatic heterocycles. The van der Waals surface area contributed by atoms with Gasteiger partial charge in [-0.2, -0.15) is 0 Å². The SMILES string of the molecule is O=C(NCc1ccc(-c2cnco2)cc1)C1CCCN1C(=O)c1cccc(O)c1. The first-order valence-electron chi connectivity index (χ1n) is 9.47. The average Bonchev–Trinajstić information content (AvgIpc) is 3.44. The van der Waals surface area contributed by atoms with Crippen LogP contribution in [-0.4, -0.2) is 39.4 Å². The molecule has 29 heavy (non-hydrogen) atoms.